The maximum Gasteiger partial charge on any atom is 0.260 e. The molecule has 0 aliphatic carbocycles. The summed E-state index contributed by atoms with van der Waals surface area (Å²) in [5.74, 6) is 0.659. The molecule has 0 saturated carbocycles. The molecule has 26 heavy (non-hydrogen) atoms. The summed E-state index contributed by atoms with van der Waals surface area (Å²) in [5.41, 5.74) is 2.56. The van der Waals surface area contributed by atoms with Crippen LogP contribution in [0.1, 0.15) is 24.5 Å². The fraction of sp³-hybridized carbons (Fsp3) is 0.261. The van der Waals surface area contributed by atoms with Crippen molar-refractivity contribution < 1.29 is 9.53 Å². The second kappa shape index (κ2) is 8.52. The number of carbonyl (C=O) groups excluding carboxylic acids is 1. The lowest BCUT2D eigenvalue weighted by Gasteiger charge is -2.16. The van der Waals surface area contributed by atoms with Crippen LogP contribution in [0.4, 0.5) is 0 Å². The number of hydrogen-bond acceptors (Lipinski definition) is 2. The molecule has 1 amide bonds. The normalized spacial score (nSPS) is 11.9. The van der Waals surface area contributed by atoms with E-state index in [2.05, 4.69) is 36.5 Å². The van der Waals surface area contributed by atoms with Crippen LogP contribution < -0.4 is 10.1 Å². The van der Waals surface area contributed by atoms with Gasteiger partial charge in [-0.15, -0.1) is 0 Å². The minimum atomic E-state index is -0.528. The first-order valence-corrected chi connectivity index (χ1v) is 9.11. The number of aryl methyl sites for hydroxylation is 2. The van der Waals surface area contributed by atoms with E-state index in [-0.39, 0.29) is 5.91 Å². The molecule has 3 aromatic rings. The van der Waals surface area contributed by atoms with E-state index in [1.165, 1.54) is 11.1 Å². The van der Waals surface area contributed by atoms with Crippen LogP contribution in [0.5, 0.6) is 5.75 Å². The van der Waals surface area contributed by atoms with Crippen molar-refractivity contribution in [2.24, 2.45) is 0 Å². The van der Waals surface area contributed by atoms with Crippen LogP contribution in [-0.2, 0) is 11.2 Å². The number of rotatable bonds is 7. The molecule has 0 unspecified atom stereocenters. The Labute approximate surface area is 155 Å². The van der Waals surface area contributed by atoms with Crippen molar-refractivity contribution in [3.8, 4) is 5.75 Å². The molecule has 3 heteroatoms. The molecule has 3 nitrogen and oxygen atoms in total. The van der Waals surface area contributed by atoms with Crippen molar-refractivity contribution in [3.63, 3.8) is 0 Å². The van der Waals surface area contributed by atoms with Gasteiger partial charge >= 0.3 is 0 Å². The van der Waals surface area contributed by atoms with Gasteiger partial charge in [0.1, 0.15) is 5.75 Å². The van der Waals surface area contributed by atoms with Crippen molar-refractivity contribution in [2.45, 2.75) is 32.8 Å². The summed E-state index contributed by atoms with van der Waals surface area (Å²) in [6.45, 7) is 4.52. The Hall–Kier alpha value is -2.81. The number of benzene rings is 3. The summed E-state index contributed by atoms with van der Waals surface area (Å²) in [4.78, 5) is 12.3. The van der Waals surface area contributed by atoms with Gasteiger partial charge in [-0.2, -0.15) is 0 Å². The van der Waals surface area contributed by atoms with E-state index < -0.39 is 6.10 Å². The van der Waals surface area contributed by atoms with Crippen LogP contribution in [-0.4, -0.2) is 18.6 Å². The number of amides is 1. The molecule has 0 aliphatic heterocycles. The molecule has 0 fully saturated rings. The molecule has 3 aromatic carbocycles. The third-order valence-electron chi connectivity index (χ3n) is 4.48. The molecule has 0 saturated heterocycles. The van der Waals surface area contributed by atoms with E-state index >= 15 is 0 Å². The Balaban J connectivity index is 1.49. The molecule has 0 radical (unpaired) electrons. The van der Waals surface area contributed by atoms with Crippen molar-refractivity contribution >= 4 is 16.7 Å². The van der Waals surface area contributed by atoms with Gasteiger partial charge in [-0.05, 0) is 43.7 Å². The quantitative estimate of drug-likeness (QED) is 0.631. The van der Waals surface area contributed by atoms with Gasteiger partial charge in [0, 0.05) is 11.9 Å². The Kier molecular flexibility index (Phi) is 5.90. The average molecular weight is 347 g/mol. The first-order chi connectivity index (χ1) is 12.6. The zero-order chi connectivity index (χ0) is 18.4. The molecular formula is C23H25NO2. The average Bonchev–Trinajstić information content (AvgIpc) is 2.66. The summed E-state index contributed by atoms with van der Waals surface area (Å²) >= 11 is 0. The summed E-state index contributed by atoms with van der Waals surface area (Å²) in [6.07, 6.45) is 1.34. The fourth-order valence-corrected chi connectivity index (χ4v) is 2.95. The summed E-state index contributed by atoms with van der Waals surface area (Å²) in [7, 11) is 0. The predicted octanol–water partition coefficient (Wildman–Crippen LogP) is 4.66. The summed E-state index contributed by atoms with van der Waals surface area (Å²) < 4.78 is 5.91. The Morgan fingerprint density at radius 1 is 1.00 bits per heavy atom. The fourth-order valence-electron chi connectivity index (χ4n) is 2.95. The lowest BCUT2D eigenvalue weighted by Crippen LogP contribution is -2.37. The van der Waals surface area contributed by atoms with Gasteiger partial charge in [0.15, 0.2) is 6.10 Å². The van der Waals surface area contributed by atoms with Crippen LogP contribution in [0.3, 0.4) is 0 Å². The highest BCUT2D eigenvalue weighted by Crippen LogP contribution is 2.26. The van der Waals surface area contributed by atoms with Gasteiger partial charge < -0.3 is 10.1 Å². The number of fused-ring (bicyclic) bond motifs is 1. The molecule has 0 aliphatic rings. The lowest BCUT2D eigenvalue weighted by molar-refractivity contribution is -0.127. The van der Waals surface area contributed by atoms with E-state index in [1.807, 2.05) is 42.5 Å². The number of ether oxygens (including phenoxy) is 1. The smallest absolute Gasteiger partial charge is 0.260 e. The predicted molar refractivity (Wildman–Crippen MR) is 107 cm³/mol. The van der Waals surface area contributed by atoms with Crippen LogP contribution in [0.2, 0.25) is 0 Å². The van der Waals surface area contributed by atoms with Gasteiger partial charge in [0.05, 0.1) is 0 Å². The van der Waals surface area contributed by atoms with Crippen LogP contribution in [0, 0.1) is 6.92 Å². The minimum absolute atomic E-state index is 0.0816. The monoisotopic (exact) mass is 347 g/mol. The van der Waals surface area contributed by atoms with Crippen LogP contribution >= 0.6 is 0 Å². The minimum Gasteiger partial charge on any atom is -0.480 e. The number of nitrogens with one attached hydrogen (secondary N) is 1. The third-order valence-corrected chi connectivity index (χ3v) is 4.48. The highest BCUT2D eigenvalue weighted by Gasteiger charge is 2.15. The van der Waals surface area contributed by atoms with E-state index in [4.69, 9.17) is 4.74 Å². The SMILES string of the molecule is Cc1ccc(CCCNC(=O)[C@@H](C)Oc2cccc3ccccc23)cc1. The van der Waals surface area contributed by atoms with E-state index in [0.717, 1.165) is 29.4 Å². The maximum absolute atomic E-state index is 12.3. The maximum atomic E-state index is 12.3. The van der Waals surface area contributed by atoms with E-state index in [0.29, 0.717) is 6.54 Å². The second-order valence-electron chi connectivity index (χ2n) is 6.62. The van der Waals surface area contributed by atoms with Gasteiger partial charge in [0.25, 0.3) is 5.91 Å². The molecule has 0 spiro atoms. The van der Waals surface area contributed by atoms with Crippen molar-refractivity contribution in [2.75, 3.05) is 6.54 Å². The molecule has 1 N–H and O–H groups in total. The standard InChI is InChI=1S/C23H25NO2/c1-17-12-14-19(15-13-17)7-6-16-24-23(25)18(2)26-22-11-5-9-20-8-3-4-10-21(20)22/h3-5,8-15,18H,6-7,16H2,1-2H3,(H,24,25)/t18-/m1/s1. The summed E-state index contributed by atoms with van der Waals surface area (Å²) in [6, 6.07) is 22.4. The van der Waals surface area contributed by atoms with Crippen molar-refractivity contribution in [3.05, 3.63) is 77.9 Å². The Morgan fingerprint density at radius 2 is 1.73 bits per heavy atom. The molecular weight excluding hydrogens is 322 g/mol. The van der Waals surface area contributed by atoms with Gasteiger partial charge in [-0.25, -0.2) is 0 Å². The Bertz CT molecular complexity index is 866. The summed E-state index contributed by atoms with van der Waals surface area (Å²) in [5, 5.41) is 5.10. The first kappa shape index (κ1) is 18.0. The second-order valence-corrected chi connectivity index (χ2v) is 6.62. The number of carbonyl (C=O) groups is 1. The van der Waals surface area contributed by atoms with E-state index in [9.17, 15) is 4.79 Å². The zero-order valence-corrected chi connectivity index (χ0v) is 15.4. The van der Waals surface area contributed by atoms with Crippen LogP contribution in [0.15, 0.2) is 66.7 Å². The Morgan fingerprint density at radius 3 is 2.54 bits per heavy atom. The third kappa shape index (κ3) is 4.63. The van der Waals surface area contributed by atoms with Crippen molar-refractivity contribution in [1.82, 2.24) is 5.32 Å². The largest absolute Gasteiger partial charge is 0.480 e. The van der Waals surface area contributed by atoms with Gasteiger partial charge in [-0.3, -0.25) is 4.79 Å². The highest BCUT2D eigenvalue weighted by molar-refractivity contribution is 5.89. The van der Waals surface area contributed by atoms with Crippen molar-refractivity contribution in [1.29, 1.82) is 0 Å². The highest BCUT2D eigenvalue weighted by atomic mass is 16.5. The lowest BCUT2D eigenvalue weighted by atomic mass is 10.1. The first-order valence-electron chi connectivity index (χ1n) is 9.11. The van der Waals surface area contributed by atoms with E-state index in [1.54, 1.807) is 6.92 Å². The van der Waals surface area contributed by atoms with Gasteiger partial charge in [-0.1, -0.05) is 66.2 Å². The number of hydrogen-bond donors (Lipinski definition) is 1. The van der Waals surface area contributed by atoms with Gasteiger partial charge in [0.2, 0.25) is 0 Å². The molecule has 0 heterocycles. The molecule has 1 atom stereocenters. The zero-order valence-electron chi connectivity index (χ0n) is 15.4. The molecule has 0 bridgehead atoms. The van der Waals surface area contributed by atoms with Crippen LogP contribution in [0.25, 0.3) is 10.8 Å². The molecule has 134 valence electrons. The molecule has 3 rings (SSSR count). The molecule has 0 aromatic heterocycles. The topological polar surface area (TPSA) is 38.3 Å².